The first-order chi connectivity index (χ1) is 11.9. The topological polar surface area (TPSA) is 76.7 Å². The third kappa shape index (κ3) is 5.16. The van der Waals surface area contributed by atoms with Gasteiger partial charge in [0, 0.05) is 5.56 Å². The minimum atomic E-state index is -4.30. The molecule has 132 valence electrons. The summed E-state index contributed by atoms with van der Waals surface area (Å²) in [5, 5.41) is 13.7. The van der Waals surface area contributed by atoms with E-state index in [1.165, 1.54) is 11.8 Å². The molecule has 0 radical (unpaired) electrons. The molecule has 0 saturated carbocycles. The van der Waals surface area contributed by atoms with Crippen LogP contribution in [0, 0.1) is 6.92 Å². The molecule has 0 spiro atoms. The molecule has 0 bridgehead atoms. The van der Waals surface area contributed by atoms with E-state index in [0.717, 1.165) is 22.5 Å². The van der Waals surface area contributed by atoms with Crippen LogP contribution in [0.15, 0.2) is 33.1 Å². The number of nitrogens with one attached hydrogen (secondary N) is 1. The summed E-state index contributed by atoms with van der Waals surface area (Å²) in [6.45, 7) is 0.829. The third-order valence-electron chi connectivity index (χ3n) is 2.91. The maximum atomic E-state index is 12.1. The van der Waals surface area contributed by atoms with Gasteiger partial charge in [-0.1, -0.05) is 52.0 Å². The van der Waals surface area contributed by atoms with E-state index in [1.807, 2.05) is 31.2 Å². The monoisotopic (exact) mass is 387 g/mol. The van der Waals surface area contributed by atoms with Gasteiger partial charge < -0.3 is 9.84 Å². The smallest absolute Gasteiger partial charge is 0.351 e. The lowest BCUT2D eigenvalue weighted by Gasteiger charge is -2.05. The third-order valence-corrected chi connectivity index (χ3v) is 4.91. The van der Waals surface area contributed by atoms with E-state index in [-0.39, 0.29) is 5.13 Å². The Balaban J connectivity index is 1.57. The first-order valence-corrected chi connectivity index (χ1v) is 8.86. The highest BCUT2D eigenvalue weighted by Crippen LogP contribution is 2.29. The van der Waals surface area contributed by atoms with Gasteiger partial charge in [0.15, 0.2) is 4.34 Å². The van der Waals surface area contributed by atoms with Gasteiger partial charge in [-0.25, -0.2) is 0 Å². The van der Waals surface area contributed by atoms with Crippen LogP contribution < -0.4 is 5.32 Å². The number of halogens is 3. The molecular weight excluding hydrogens is 375 g/mol. The fraction of sp³-hybridized carbons (Fsp3) is 0.286. The molecule has 0 aliphatic heterocycles. The van der Waals surface area contributed by atoms with Gasteiger partial charge >= 0.3 is 6.18 Å². The fourth-order valence-electron chi connectivity index (χ4n) is 1.85. The van der Waals surface area contributed by atoms with Gasteiger partial charge in [0.2, 0.25) is 16.8 Å². The number of hydrogen-bond acceptors (Lipinski definition) is 8. The summed E-state index contributed by atoms with van der Waals surface area (Å²) in [7, 11) is 0. The SMILES string of the molecule is Cc1cccc(-c2noc(CSc3nnc(NCC(F)(F)F)s3)n2)c1. The summed E-state index contributed by atoms with van der Waals surface area (Å²) in [6, 6.07) is 7.72. The Hall–Kier alpha value is -2.14. The Bertz CT molecular complexity index is 849. The molecule has 3 aromatic rings. The summed E-state index contributed by atoms with van der Waals surface area (Å²) in [6.07, 6.45) is -4.30. The molecule has 2 heterocycles. The summed E-state index contributed by atoms with van der Waals surface area (Å²) in [4.78, 5) is 4.31. The van der Waals surface area contributed by atoms with Crippen molar-refractivity contribution in [1.29, 1.82) is 0 Å². The number of rotatable bonds is 6. The average molecular weight is 387 g/mol. The van der Waals surface area contributed by atoms with Gasteiger partial charge in [-0.15, -0.1) is 10.2 Å². The van der Waals surface area contributed by atoms with Crippen LogP contribution in [0.2, 0.25) is 0 Å². The predicted octanol–water partition coefficient (Wildman–Crippen LogP) is 4.16. The first-order valence-electron chi connectivity index (χ1n) is 7.05. The molecule has 1 N–H and O–H groups in total. The Morgan fingerprint density at radius 2 is 2.12 bits per heavy atom. The van der Waals surface area contributed by atoms with E-state index >= 15 is 0 Å². The summed E-state index contributed by atoms with van der Waals surface area (Å²) >= 11 is 2.30. The van der Waals surface area contributed by atoms with Gasteiger partial charge in [0.25, 0.3) is 0 Å². The Labute approximate surface area is 148 Å². The maximum absolute atomic E-state index is 12.1. The first kappa shape index (κ1) is 17.7. The van der Waals surface area contributed by atoms with Crippen LogP contribution in [-0.2, 0) is 5.75 Å². The number of hydrogen-bond donors (Lipinski definition) is 1. The number of aryl methyl sites for hydroxylation is 1. The standard InChI is InChI=1S/C14H12F3N5OS2/c1-8-3-2-4-9(5-8)11-19-10(23-22-11)6-24-13-21-20-12(25-13)18-7-14(15,16)17/h2-5H,6-7H2,1H3,(H,18,20). The largest absolute Gasteiger partial charge is 0.405 e. The molecule has 3 rings (SSSR count). The van der Waals surface area contributed by atoms with Crippen LogP contribution in [-0.4, -0.2) is 33.1 Å². The quantitative estimate of drug-likeness (QED) is 0.636. The van der Waals surface area contributed by atoms with Gasteiger partial charge in [0.1, 0.15) is 6.54 Å². The average Bonchev–Trinajstić information content (AvgIpc) is 3.20. The minimum absolute atomic E-state index is 0.116. The van der Waals surface area contributed by atoms with Gasteiger partial charge in [-0.05, 0) is 13.0 Å². The predicted molar refractivity (Wildman–Crippen MR) is 88.5 cm³/mol. The molecule has 2 aromatic heterocycles. The highest BCUT2D eigenvalue weighted by molar-refractivity contribution is 8.00. The second kappa shape index (κ2) is 7.40. The normalized spacial score (nSPS) is 11.7. The van der Waals surface area contributed by atoms with E-state index in [9.17, 15) is 13.2 Å². The summed E-state index contributed by atoms with van der Waals surface area (Å²) in [5.41, 5.74) is 1.94. The van der Waals surface area contributed by atoms with E-state index in [0.29, 0.717) is 21.8 Å². The summed E-state index contributed by atoms with van der Waals surface area (Å²) < 4.78 is 42.1. The number of anilines is 1. The lowest BCUT2D eigenvalue weighted by Crippen LogP contribution is -2.21. The zero-order valence-electron chi connectivity index (χ0n) is 12.9. The van der Waals surface area contributed by atoms with Crippen molar-refractivity contribution in [1.82, 2.24) is 20.3 Å². The number of benzene rings is 1. The second-order valence-electron chi connectivity index (χ2n) is 5.01. The zero-order valence-corrected chi connectivity index (χ0v) is 14.5. The lowest BCUT2D eigenvalue weighted by molar-refractivity contribution is -0.115. The Morgan fingerprint density at radius 3 is 2.88 bits per heavy atom. The molecule has 6 nitrogen and oxygen atoms in total. The van der Waals surface area contributed by atoms with Crippen molar-refractivity contribution >= 4 is 28.2 Å². The highest BCUT2D eigenvalue weighted by Gasteiger charge is 2.27. The van der Waals surface area contributed by atoms with Crippen molar-refractivity contribution in [3.63, 3.8) is 0 Å². The van der Waals surface area contributed by atoms with Crippen molar-refractivity contribution in [2.75, 3.05) is 11.9 Å². The molecule has 11 heteroatoms. The van der Waals surface area contributed by atoms with Crippen molar-refractivity contribution in [2.45, 2.75) is 23.2 Å². The molecule has 0 amide bonds. The molecular formula is C14H12F3N5OS2. The van der Waals surface area contributed by atoms with Gasteiger partial charge in [-0.3, -0.25) is 0 Å². The maximum Gasteiger partial charge on any atom is 0.405 e. The van der Waals surface area contributed by atoms with Crippen molar-refractivity contribution in [3.05, 3.63) is 35.7 Å². The van der Waals surface area contributed by atoms with Crippen molar-refractivity contribution in [3.8, 4) is 11.4 Å². The molecule has 0 aliphatic rings. The van der Waals surface area contributed by atoms with E-state index in [2.05, 4.69) is 25.7 Å². The minimum Gasteiger partial charge on any atom is -0.351 e. The Morgan fingerprint density at radius 1 is 1.28 bits per heavy atom. The fourth-order valence-corrected chi connectivity index (χ4v) is 3.44. The molecule has 0 saturated heterocycles. The molecule has 0 unspecified atom stereocenters. The van der Waals surface area contributed by atoms with Crippen LogP contribution in [0.5, 0.6) is 0 Å². The van der Waals surface area contributed by atoms with Gasteiger partial charge in [-0.2, -0.15) is 18.2 Å². The molecule has 0 aliphatic carbocycles. The van der Waals surface area contributed by atoms with Crippen molar-refractivity contribution < 1.29 is 17.7 Å². The van der Waals surface area contributed by atoms with Crippen LogP contribution >= 0.6 is 23.1 Å². The number of thioether (sulfide) groups is 1. The van der Waals surface area contributed by atoms with Crippen molar-refractivity contribution in [2.24, 2.45) is 0 Å². The molecule has 0 atom stereocenters. The number of aromatic nitrogens is 4. The van der Waals surface area contributed by atoms with Gasteiger partial charge in [0.05, 0.1) is 5.75 Å². The Kier molecular flexibility index (Phi) is 5.23. The molecule has 25 heavy (non-hydrogen) atoms. The molecule has 1 aromatic carbocycles. The lowest BCUT2D eigenvalue weighted by atomic mass is 10.1. The van der Waals surface area contributed by atoms with Crippen LogP contribution in [0.25, 0.3) is 11.4 Å². The zero-order chi connectivity index (χ0) is 17.9. The highest BCUT2D eigenvalue weighted by atomic mass is 32.2. The van der Waals surface area contributed by atoms with E-state index in [1.54, 1.807) is 0 Å². The van der Waals surface area contributed by atoms with E-state index in [4.69, 9.17) is 4.52 Å². The second-order valence-corrected chi connectivity index (χ2v) is 7.21. The van der Waals surface area contributed by atoms with Crippen LogP contribution in [0.3, 0.4) is 0 Å². The number of alkyl halides is 3. The molecule has 0 fully saturated rings. The summed E-state index contributed by atoms with van der Waals surface area (Å²) in [5.74, 6) is 1.25. The van der Waals surface area contributed by atoms with Crippen LogP contribution in [0.4, 0.5) is 18.3 Å². The van der Waals surface area contributed by atoms with Crippen LogP contribution in [0.1, 0.15) is 11.5 Å². The van der Waals surface area contributed by atoms with E-state index < -0.39 is 12.7 Å². The number of nitrogens with zero attached hydrogens (tertiary/aromatic N) is 4.